The first kappa shape index (κ1) is 13.8. The molecule has 0 saturated heterocycles. The van der Waals surface area contributed by atoms with Crippen LogP contribution in [-0.2, 0) is 0 Å². The molecular weight excluding hydrogens is 268 g/mol. The van der Waals surface area contributed by atoms with Gasteiger partial charge in [0.15, 0.2) is 8.80 Å². The molecule has 0 unspecified atom stereocenters. The minimum atomic E-state index is -0.938. The van der Waals surface area contributed by atoms with Gasteiger partial charge in [-0.2, -0.15) is 0 Å². The maximum Gasteiger partial charge on any atom is 0.155 e. The molecule has 0 N–H and O–H groups in total. The van der Waals surface area contributed by atoms with Crippen LogP contribution in [0.4, 0.5) is 0 Å². The van der Waals surface area contributed by atoms with Gasteiger partial charge in [-0.05, 0) is 24.2 Å². The van der Waals surface area contributed by atoms with E-state index in [0.717, 1.165) is 0 Å². The van der Waals surface area contributed by atoms with Gasteiger partial charge in [0, 0.05) is 0 Å². The number of benzene rings is 3. The molecule has 0 aliphatic carbocycles. The minimum Gasteiger partial charge on any atom is -0.0624 e. The number of hydrogen-bond acceptors (Lipinski definition) is 0. The van der Waals surface area contributed by atoms with Crippen molar-refractivity contribution in [2.45, 2.75) is 13.8 Å². The summed E-state index contributed by atoms with van der Waals surface area (Å²) in [7, 11) is -0.938. The third-order valence-corrected chi connectivity index (χ3v) is 7.00. The van der Waals surface area contributed by atoms with Crippen LogP contribution in [0, 0.1) is 13.8 Å². The van der Waals surface area contributed by atoms with Crippen molar-refractivity contribution in [3.8, 4) is 0 Å². The van der Waals surface area contributed by atoms with Crippen molar-refractivity contribution in [2.75, 3.05) is 0 Å². The molecule has 3 aromatic carbocycles. The van der Waals surface area contributed by atoms with Gasteiger partial charge in [-0.1, -0.05) is 95.2 Å². The highest BCUT2D eigenvalue weighted by molar-refractivity contribution is 6.96. The van der Waals surface area contributed by atoms with E-state index in [2.05, 4.69) is 92.7 Å². The van der Waals surface area contributed by atoms with E-state index in [4.69, 9.17) is 0 Å². The molecule has 0 fully saturated rings. The van der Waals surface area contributed by atoms with E-state index in [1.807, 2.05) is 0 Å². The van der Waals surface area contributed by atoms with E-state index in [0.29, 0.717) is 0 Å². The van der Waals surface area contributed by atoms with Crippen molar-refractivity contribution in [3.05, 3.63) is 90.0 Å². The first-order valence-electron chi connectivity index (χ1n) is 7.32. The Kier molecular flexibility index (Phi) is 4.02. The fraction of sp³-hybridized carbons (Fsp3) is 0.100. The Morgan fingerprint density at radius 3 is 1.43 bits per heavy atom. The van der Waals surface area contributed by atoms with Crippen molar-refractivity contribution in [1.82, 2.24) is 0 Å². The largest absolute Gasteiger partial charge is 0.155 e. The molecule has 0 heterocycles. The second kappa shape index (κ2) is 6.11. The SMILES string of the molecule is Cc1ccccc1[Si](c1ccccc1)c1ccccc1C. The van der Waals surface area contributed by atoms with E-state index in [1.165, 1.54) is 26.7 Å². The molecule has 0 aromatic heterocycles. The highest BCUT2D eigenvalue weighted by Crippen LogP contribution is 2.02. The normalized spacial score (nSPS) is 10.8. The lowest BCUT2D eigenvalue weighted by molar-refractivity contribution is 1.49. The second-order valence-corrected chi connectivity index (χ2v) is 7.78. The average Bonchev–Trinajstić information content (AvgIpc) is 2.52. The van der Waals surface area contributed by atoms with Gasteiger partial charge in [-0.15, -0.1) is 0 Å². The molecule has 0 spiro atoms. The van der Waals surface area contributed by atoms with Crippen LogP contribution in [0.2, 0.25) is 0 Å². The first-order valence-corrected chi connectivity index (χ1v) is 8.82. The molecule has 0 amide bonds. The fourth-order valence-corrected chi connectivity index (χ4v) is 5.69. The Labute approximate surface area is 128 Å². The summed E-state index contributed by atoms with van der Waals surface area (Å²) in [6.45, 7) is 4.45. The molecule has 0 aliphatic heterocycles. The average molecular weight is 287 g/mol. The van der Waals surface area contributed by atoms with Gasteiger partial charge in [-0.3, -0.25) is 0 Å². The van der Waals surface area contributed by atoms with Gasteiger partial charge in [0.1, 0.15) is 0 Å². The summed E-state index contributed by atoms with van der Waals surface area (Å²) in [5.74, 6) is 0. The summed E-state index contributed by atoms with van der Waals surface area (Å²) in [5.41, 5.74) is 2.77. The molecule has 1 heteroatoms. The van der Waals surface area contributed by atoms with Crippen molar-refractivity contribution < 1.29 is 0 Å². The minimum absolute atomic E-state index is 0.938. The number of rotatable bonds is 3. The zero-order valence-corrected chi connectivity index (χ0v) is 13.5. The van der Waals surface area contributed by atoms with Gasteiger partial charge in [0.25, 0.3) is 0 Å². The molecule has 0 nitrogen and oxygen atoms in total. The summed E-state index contributed by atoms with van der Waals surface area (Å²) in [6.07, 6.45) is 0. The van der Waals surface area contributed by atoms with Crippen LogP contribution >= 0.6 is 0 Å². The highest BCUT2D eigenvalue weighted by atomic mass is 28.3. The Bertz CT molecular complexity index is 686. The summed E-state index contributed by atoms with van der Waals surface area (Å²) in [5, 5.41) is 4.43. The van der Waals surface area contributed by atoms with Crippen molar-refractivity contribution in [1.29, 1.82) is 0 Å². The van der Waals surface area contributed by atoms with Crippen LogP contribution in [0.1, 0.15) is 11.1 Å². The molecule has 0 aliphatic rings. The lowest BCUT2D eigenvalue weighted by Gasteiger charge is -2.20. The lowest BCUT2D eigenvalue weighted by atomic mass is 10.2. The maximum atomic E-state index is 2.29. The smallest absolute Gasteiger partial charge is 0.0624 e. The van der Waals surface area contributed by atoms with Crippen LogP contribution < -0.4 is 15.6 Å². The molecule has 3 aromatic rings. The predicted molar refractivity (Wildman–Crippen MR) is 93.5 cm³/mol. The van der Waals surface area contributed by atoms with Crippen molar-refractivity contribution in [3.63, 3.8) is 0 Å². The van der Waals surface area contributed by atoms with Crippen molar-refractivity contribution >= 4 is 24.4 Å². The highest BCUT2D eigenvalue weighted by Gasteiger charge is 2.22. The summed E-state index contributed by atoms with van der Waals surface area (Å²) in [6, 6.07) is 28.5. The van der Waals surface area contributed by atoms with E-state index in [9.17, 15) is 0 Å². The number of hydrogen-bond donors (Lipinski definition) is 0. The predicted octanol–water partition coefficient (Wildman–Crippen LogP) is 2.82. The van der Waals surface area contributed by atoms with Crippen LogP contribution in [0.3, 0.4) is 0 Å². The molecular formula is C20H19Si. The van der Waals surface area contributed by atoms with Crippen molar-refractivity contribution in [2.24, 2.45) is 0 Å². The van der Waals surface area contributed by atoms with Gasteiger partial charge in [-0.25, -0.2) is 0 Å². The van der Waals surface area contributed by atoms with E-state index >= 15 is 0 Å². The fourth-order valence-electron chi connectivity index (χ4n) is 2.77. The third kappa shape index (κ3) is 2.83. The van der Waals surface area contributed by atoms with E-state index in [1.54, 1.807) is 0 Å². The first-order chi connectivity index (χ1) is 10.3. The molecule has 1 radical (unpaired) electrons. The molecule has 0 saturated carbocycles. The summed E-state index contributed by atoms with van der Waals surface area (Å²) < 4.78 is 0. The zero-order chi connectivity index (χ0) is 14.7. The van der Waals surface area contributed by atoms with Crippen LogP contribution in [0.5, 0.6) is 0 Å². The van der Waals surface area contributed by atoms with Crippen LogP contribution in [0.15, 0.2) is 78.9 Å². The van der Waals surface area contributed by atoms with Gasteiger partial charge < -0.3 is 0 Å². The standard InChI is InChI=1S/C20H19Si/c1-16-10-6-8-14-19(16)21(18-12-4-3-5-13-18)20-15-9-7-11-17(20)2/h3-15H,1-2H3. The molecule has 0 bridgehead atoms. The van der Waals surface area contributed by atoms with Crippen LogP contribution in [-0.4, -0.2) is 8.80 Å². The quantitative estimate of drug-likeness (QED) is 0.513. The molecule has 103 valence electrons. The molecule has 3 rings (SSSR count). The van der Waals surface area contributed by atoms with E-state index < -0.39 is 8.80 Å². The monoisotopic (exact) mass is 287 g/mol. The summed E-state index contributed by atoms with van der Waals surface area (Å²) in [4.78, 5) is 0. The van der Waals surface area contributed by atoms with Gasteiger partial charge in [0.2, 0.25) is 0 Å². The number of aryl methyl sites for hydroxylation is 2. The third-order valence-electron chi connectivity index (χ3n) is 3.89. The Morgan fingerprint density at radius 1 is 0.524 bits per heavy atom. The van der Waals surface area contributed by atoms with Crippen LogP contribution in [0.25, 0.3) is 0 Å². The molecule has 21 heavy (non-hydrogen) atoms. The topological polar surface area (TPSA) is 0 Å². The molecule has 0 atom stereocenters. The summed E-state index contributed by atoms with van der Waals surface area (Å²) >= 11 is 0. The zero-order valence-electron chi connectivity index (χ0n) is 12.5. The second-order valence-electron chi connectivity index (χ2n) is 5.37. The Morgan fingerprint density at radius 2 is 0.952 bits per heavy atom. The Hall–Kier alpha value is -2.12. The lowest BCUT2D eigenvalue weighted by Crippen LogP contribution is -2.53. The van der Waals surface area contributed by atoms with Gasteiger partial charge >= 0.3 is 0 Å². The van der Waals surface area contributed by atoms with Gasteiger partial charge in [0.05, 0.1) is 0 Å². The maximum absolute atomic E-state index is 2.29. The van der Waals surface area contributed by atoms with E-state index in [-0.39, 0.29) is 0 Å². The Balaban J connectivity index is 2.22.